The van der Waals surface area contributed by atoms with Crippen molar-refractivity contribution in [3.8, 4) is 0 Å². The first-order valence-electron chi connectivity index (χ1n) is 6.34. The highest BCUT2D eigenvalue weighted by atomic mass is 16.2. The molecule has 2 rings (SSSR count). The van der Waals surface area contributed by atoms with Gasteiger partial charge in [-0.15, -0.1) is 0 Å². The van der Waals surface area contributed by atoms with E-state index >= 15 is 0 Å². The van der Waals surface area contributed by atoms with Crippen LogP contribution in [0.4, 0.5) is 5.69 Å². The molecule has 1 amide bonds. The minimum atomic E-state index is 0.138. The Labute approximate surface area is 109 Å². The van der Waals surface area contributed by atoms with Crippen LogP contribution in [0.3, 0.4) is 0 Å². The second-order valence-corrected chi connectivity index (χ2v) is 5.08. The molecule has 1 unspecified atom stereocenters. The number of anilines is 1. The topological polar surface area (TPSA) is 35.6 Å². The van der Waals surface area contributed by atoms with E-state index in [0.29, 0.717) is 12.6 Å². The van der Waals surface area contributed by atoms with Crippen LogP contribution in [0.2, 0.25) is 0 Å². The van der Waals surface area contributed by atoms with Gasteiger partial charge in [0.2, 0.25) is 5.91 Å². The first-order chi connectivity index (χ1) is 8.58. The van der Waals surface area contributed by atoms with Gasteiger partial charge in [-0.05, 0) is 18.6 Å². The summed E-state index contributed by atoms with van der Waals surface area (Å²) < 4.78 is 0. The molecule has 0 saturated heterocycles. The number of fused-ring (bicyclic) bond motifs is 1. The van der Waals surface area contributed by atoms with E-state index in [1.165, 1.54) is 11.3 Å². The van der Waals surface area contributed by atoms with Crippen molar-refractivity contribution in [3.63, 3.8) is 0 Å². The molecule has 98 valence electrons. The molecule has 1 aromatic rings. The van der Waals surface area contributed by atoms with E-state index in [1.54, 1.807) is 19.0 Å². The zero-order valence-corrected chi connectivity index (χ0v) is 11.3. The van der Waals surface area contributed by atoms with E-state index in [-0.39, 0.29) is 5.91 Å². The highest BCUT2D eigenvalue weighted by molar-refractivity contribution is 5.81. The van der Waals surface area contributed by atoms with Crippen LogP contribution in [-0.4, -0.2) is 44.0 Å². The number of amides is 1. The maximum Gasteiger partial charge on any atom is 0.241 e. The second-order valence-electron chi connectivity index (χ2n) is 5.08. The third kappa shape index (κ3) is 2.82. The van der Waals surface area contributed by atoms with Crippen LogP contribution in [0.15, 0.2) is 24.3 Å². The number of carbonyl (C=O) groups excluding carboxylic acids is 1. The summed E-state index contributed by atoms with van der Waals surface area (Å²) >= 11 is 0. The monoisotopic (exact) mass is 247 g/mol. The van der Waals surface area contributed by atoms with Crippen LogP contribution in [0.25, 0.3) is 0 Å². The van der Waals surface area contributed by atoms with Gasteiger partial charge in [-0.3, -0.25) is 4.79 Å². The van der Waals surface area contributed by atoms with Gasteiger partial charge in [-0.1, -0.05) is 18.2 Å². The molecule has 0 saturated carbocycles. The fraction of sp³-hybridized carbons (Fsp3) is 0.500. The number of para-hydroxylation sites is 1. The van der Waals surface area contributed by atoms with Crippen molar-refractivity contribution in [1.82, 2.24) is 10.2 Å². The molecule has 1 heterocycles. The fourth-order valence-corrected chi connectivity index (χ4v) is 2.20. The molecule has 4 nitrogen and oxygen atoms in total. The summed E-state index contributed by atoms with van der Waals surface area (Å²) in [6, 6.07) is 8.67. The molecular formula is C14H21N3O. The first-order valence-corrected chi connectivity index (χ1v) is 6.34. The normalized spacial score (nSPS) is 19.1. The molecule has 0 bridgehead atoms. The molecule has 0 aliphatic carbocycles. The van der Waals surface area contributed by atoms with Crippen LogP contribution >= 0.6 is 0 Å². The minimum absolute atomic E-state index is 0.138. The van der Waals surface area contributed by atoms with Gasteiger partial charge in [-0.2, -0.15) is 0 Å². The Kier molecular flexibility index (Phi) is 3.87. The number of nitrogens with zero attached hydrogens (tertiary/aromatic N) is 2. The number of hydrogen-bond donors (Lipinski definition) is 1. The number of hydrogen-bond acceptors (Lipinski definition) is 3. The summed E-state index contributed by atoms with van der Waals surface area (Å²) in [5.41, 5.74) is 2.43. The van der Waals surface area contributed by atoms with Gasteiger partial charge in [0, 0.05) is 38.9 Å². The van der Waals surface area contributed by atoms with E-state index in [2.05, 4.69) is 29.3 Å². The number of benzene rings is 1. The predicted octanol–water partition coefficient (Wildman–Crippen LogP) is 1.07. The molecule has 1 aromatic carbocycles. The SMILES string of the molecule is CC1CN(CC(=O)N(C)C)c2ccccc2CN1. The summed E-state index contributed by atoms with van der Waals surface area (Å²) in [6.45, 7) is 4.32. The number of nitrogens with one attached hydrogen (secondary N) is 1. The second kappa shape index (κ2) is 5.40. The smallest absolute Gasteiger partial charge is 0.241 e. The van der Waals surface area contributed by atoms with Gasteiger partial charge < -0.3 is 15.1 Å². The third-order valence-electron chi connectivity index (χ3n) is 3.29. The van der Waals surface area contributed by atoms with E-state index in [1.807, 2.05) is 12.1 Å². The van der Waals surface area contributed by atoms with Crippen molar-refractivity contribution in [2.75, 3.05) is 32.1 Å². The van der Waals surface area contributed by atoms with Crippen molar-refractivity contribution in [2.24, 2.45) is 0 Å². The Morgan fingerprint density at radius 1 is 1.44 bits per heavy atom. The van der Waals surface area contributed by atoms with Gasteiger partial charge in [0.1, 0.15) is 0 Å². The standard InChI is InChI=1S/C14H21N3O/c1-11-9-17(10-14(18)16(2)3)13-7-5-4-6-12(13)8-15-11/h4-7,11,15H,8-10H2,1-3H3. The van der Waals surface area contributed by atoms with E-state index in [9.17, 15) is 4.79 Å². The lowest BCUT2D eigenvalue weighted by Gasteiger charge is -2.27. The molecular weight excluding hydrogens is 226 g/mol. The van der Waals surface area contributed by atoms with Gasteiger partial charge in [0.25, 0.3) is 0 Å². The minimum Gasteiger partial charge on any atom is -0.360 e. The van der Waals surface area contributed by atoms with Gasteiger partial charge in [0.15, 0.2) is 0 Å². The molecule has 18 heavy (non-hydrogen) atoms. The molecule has 1 aliphatic heterocycles. The lowest BCUT2D eigenvalue weighted by Crippen LogP contribution is -2.41. The molecule has 0 spiro atoms. The third-order valence-corrected chi connectivity index (χ3v) is 3.29. The Bertz CT molecular complexity index is 431. The molecule has 4 heteroatoms. The molecule has 0 radical (unpaired) electrons. The molecule has 1 atom stereocenters. The van der Waals surface area contributed by atoms with E-state index in [4.69, 9.17) is 0 Å². The van der Waals surface area contributed by atoms with Crippen molar-refractivity contribution >= 4 is 11.6 Å². The van der Waals surface area contributed by atoms with Crippen molar-refractivity contribution in [2.45, 2.75) is 19.5 Å². The molecule has 0 aromatic heterocycles. The largest absolute Gasteiger partial charge is 0.360 e. The first kappa shape index (κ1) is 12.9. The molecule has 0 fully saturated rings. The van der Waals surface area contributed by atoms with Crippen molar-refractivity contribution in [3.05, 3.63) is 29.8 Å². The van der Waals surface area contributed by atoms with Crippen molar-refractivity contribution in [1.29, 1.82) is 0 Å². The quantitative estimate of drug-likeness (QED) is 0.849. The summed E-state index contributed by atoms with van der Waals surface area (Å²) in [5, 5.41) is 3.47. The molecule has 1 N–H and O–H groups in total. The number of rotatable bonds is 2. The zero-order valence-electron chi connectivity index (χ0n) is 11.3. The fourth-order valence-electron chi connectivity index (χ4n) is 2.20. The Hall–Kier alpha value is -1.55. The lowest BCUT2D eigenvalue weighted by molar-refractivity contribution is -0.127. The van der Waals surface area contributed by atoms with Crippen molar-refractivity contribution < 1.29 is 4.79 Å². The summed E-state index contributed by atoms with van der Waals surface area (Å²) in [7, 11) is 3.60. The highest BCUT2D eigenvalue weighted by Gasteiger charge is 2.20. The van der Waals surface area contributed by atoms with Crippen LogP contribution in [0.5, 0.6) is 0 Å². The predicted molar refractivity (Wildman–Crippen MR) is 73.7 cm³/mol. The Morgan fingerprint density at radius 3 is 2.89 bits per heavy atom. The summed E-state index contributed by atoms with van der Waals surface area (Å²) in [5.74, 6) is 0.138. The van der Waals surface area contributed by atoms with Crippen LogP contribution in [0.1, 0.15) is 12.5 Å². The van der Waals surface area contributed by atoms with E-state index < -0.39 is 0 Å². The van der Waals surface area contributed by atoms with E-state index in [0.717, 1.165) is 13.1 Å². The molecule has 1 aliphatic rings. The number of carbonyl (C=O) groups is 1. The maximum absolute atomic E-state index is 11.9. The maximum atomic E-state index is 11.9. The Balaban J connectivity index is 2.24. The zero-order chi connectivity index (χ0) is 13.1. The van der Waals surface area contributed by atoms with Crippen LogP contribution in [0, 0.1) is 0 Å². The van der Waals surface area contributed by atoms with Crippen LogP contribution in [-0.2, 0) is 11.3 Å². The highest BCUT2D eigenvalue weighted by Crippen LogP contribution is 2.23. The number of likely N-dealkylation sites (N-methyl/N-ethyl adjacent to an activating group) is 1. The summed E-state index contributed by atoms with van der Waals surface area (Å²) in [6.07, 6.45) is 0. The van der Waals surface area contributed by atoms with Crippen LogP contribution < -0.4 is 10.2 Å². The summed E-state index contributed by atoms with van der Waals surface area (Å²) in [4.78, 5) is 15.7. The van der Waals surface area contributed by atoms with Gasteiger partial charge >= 0.3 is 0 Å². The van der Waals surface area contributed by atoms with Gasteiger partial charge in [0.05, 0.1) is 6.54 Å². The van der Waals surface area contributed by atoms with Gasteiger partial charge in [-0.25, -0.2) is 0 Å². The lowest BCUT2D eigenvalue weighted by atomic mass is 10.1. The average Bonchev–Trinajstić information content (AvgIpc) is 2.50. The Morgan fingerprint density at radius 2 is 2.17 bits per heavy atom. The average molecular weight is 247 g/mol.